The van der Waals surface area contributed by atoms with Crippen LogP contribution >= 0.6 is 0 Å². The summed E-state index contributed by atoms with van der Waals surface area (Å²) in [5, 5.41) is 9.30. The molecule has 0 radical (unpaired) electrons. The molecule has 6 nitrogen and oxygen atoms in total. The number of aromatic carboxylic acids is 1. The standard InChI is InChI=1S/C29H33NO5S.Ni/c1-28(2,23-14-11-13-22(21-23)27(31)32)18-10-6-5-7-17-26-29(3,4)24-15-8-9-16-25(24)30(26)19-12-20-36(33,34)35;/h5-11,13-17,21H,12,19-20H2,1-4H3,(H,31,32)(H,33,34,35);/b7-5+,10-6+,26-17+;. The summed E-state index contributed by atoms with van der Waals surface area (Å²) in [7, 11) is -4.02. The fraction of sp³-hybridized carbons (Fsp3) is 0.310. The number of allylic oxidation sites excluding steroid dienone is 6. The van der Waals surface area contributed by atoms with Crippen LogP contribution in [0.25, 0.3) is 0 Å². The van der Waals surface area contributed by atoms with Crippen LogP contribution in [-0.4, -0.2) is 40.8 Å². The minimum absolute atomic E-state index is 0.232. The number of carboxylic acids is 1. The van der Waals surface area contributed by atoms with Crippen molar-refractivity contribution in [3.05, 3.63) is 101 Å². The third-order valence-electron chi connectivity index (χ3n) is 6.68. The summed E-state index contributed by atoms with van der Waals surface area (Å²) in [6, 6.07) is 14.9. The summed E-state index contributed by atoms with van der Waals surface area (Å²) in [4.78, 5) is 13.5. The SMILES string of the molecule is CC(C)([C](=[Ni])/C=C/C=C/C=C1/N(CCCS(=O)(=O)O)c2ccccc2C1(C)C)c1cccc(C(=O)O)c1. The van der Waals surface area contributed by atoms with Crippen LogP contribution in [0.1, 0.15) is 55.6 Å². The van der Waals surface area contributed by atoms with Gasteiger partial charge in [-0.25, -0.2) is 0 Å². The number of anilines is 1. The molecule has 0 saturated heterocycles. The van der Waals surface area contributed by atoms with E-state index in [1.807, 2.05) is 68.5 Å². The average molecular weight is 566 g/mol. The molecule has 0 bridgehead atoms. The van der Waals surface area contributed by atoms with Crippen LogP contribution in [0.15, 0.2) is 84.6 Å². The number of benzene rings is 2. The topological polar surface area (TPSA) is 94.9 Å². The summed E-state index contributed by atoms with van der Waals surface area (Å²) < 4.78 is 32.3. The van der Waals surface area contributed by atoms with Gasteiger partial charge in [0, 0.05) is 0 Å². The van der Waals surface area contributed by atoms with E-state index in [2.05, 4.69) is 24.8 Å². The molecule has 0 aliphatic carbocycles. The second-order valence-corrected chi connectivity index (χ2v) is 12.2. The first-order chi connectivity index (χ1) is 17.2. The van der Waals surface area contributed by atoms with Gasteiger partial charge in [0.15, 0.2) is 0 Å². The molecule has 1 heterocycles. The molecule has 37 heavy (non-hydrogen) atoms. The fourth-order valence-electron chi connectivity index (χ4n) is 4.51. The average Bonchev–Trinajstić information content (AvgIpc) is 3.04. The molecule has 1 aliphatic rings. The Balaban J connectivity index is 1.79. The van der Waals surface area contributed by atoms with Gasteiger partial charge in [0.05, 0.1) is 0 Å². The Bertz CT molecular complexity index is 1390. The van der Waals surface area contributed by atoms with Crippen molar-refractivity contribution in [2.45, 2.75) is 44.9 Å². The van der Waals surface area contributed by atoms with Gasteiger partial charge in [-0.05, 0) is 0 Å². The van der Waals surface area contributed by atoms with Crippen LogP contribution in [0.2, 0.25) is 0 Å². The zero-order valence-electron chi connectivity index (χ0n) is 21.4. The van der Waals surface area contributed by atoms with Crippen molar-refractivity contribution in [1.82, 2.24) is 0 Å². The molecule has 8 heteroatoms. The van der Waals surface area contributed by atoms with Crippen molar-refractivity contribution < 1.29 is 37.9 Å². The summed E-state index contributed by atoms with van der Waals surface area (Å²) in [5.41, 5.74) is 3.51. The third kappa shape index (κ3) is 6.75. The summed E-state index contributed by atoms with van der Waals surface area (Å²) >= 11 is 5.29. The Morgan fingerprint density at radius 3 is 2.46 bits per heavy atom. The van der Waals surface area contributed by atoms with Gasteiger partial charge in [0.25, 0.3) is 0 Å². The van der Waals surface area contributed by atoms with Gasteiger partial charge in [0.2, 0.25) is 0 Å². The number of hydrogen-bond donors (Lipinski definition) is 2. The van der Waals surface area contributed by atoms with Gasteiger partial charge in [-0.1, -0.05) is 0 Å². The van der Waals surface area contributed by atoms with E-state index in [0.29, 0.717) is 17.5 Å². The molecular formula is C29H33NNiO5S. The van der Waals surface area contributed by atoms with Gasteiger partial charge in [0.1, 0.15) is 0 Å². The van der Waals surface area contributed by atoms with E-state index in [1.54, 1.807) is 18.2 Å². The number of fused-ring (bicyclic) bond motifs is 1. The number of nitrogens with zero attached hydrogens (tertiary/aromatic N) is 1. The maximum absolute atomic E-state index is 11.3. The number of para-hydroxylation sites is 1. The van der Waals surface area contributed by atoms with Gasteiger partial charge >= 0.3 is 215 Å². The van der Waals surface area contributed by atoms with Crippen molar-refractivity contribution in [3.8, 4) is 0 Å². The molecule has 0 amide bonds. The van der Waals surface area contributed by atoms with E-state index in [4.69, 9.17) is 19.6 Å². The van der Waals surface area contributed by atoms with Crippen LogP contribution in [0.3, 0.4) is 0 Å². The molecule has 0 unspecified atom stereocenters. The van der Waals surface area contributed by atoms with E-state index in [-0.39, 0.29) is 16.7 Å². The predicted molar refractivity (Wildman–Crippen MR) is 146 cm³/mol. The molecular weight excluding hydrogens is 533 g/mol. The van der Waals surface area contributed by atoms with Crippen LogP contribution in [-0.2, 0) is 36.0 Å². The Morgan fingerprint density at radius 1 is 1.08 bits per heavy atom. The zero-order valence-corrected chi connectivity index (χ0v) is 23.2. The zero-order chi connectivity index (χ0) is 27.4. The van der Waals surface area contributed by atoms with Gasteiger partial charge in [-0.2, -0.15) is 8.42 Å². The summed E-state index contributed by atoms with van der Waals surface area (Å²) in [5.74, 6) is -1.26. The summed E-state index contributed by atoms with van der Waals surface area (Å²) in [6.45, 7) is 8.69. The molecule has 3 rings (SSSR count). The van der Waals surface area contributed by atoms with Gasteiger partial charge < -0.3 is 0 Å². The second kappa shape index (κ2) is 11.3. The maximum atomic E-state index is 11.3. The van der Waals surface area contributed by atoms with E-state index < -0.39 is 21.5 Å². The Hall–Kier alpha value is -2.80. The van der Waals surface area contributed by atoms with E-state index >= 15 is 0 Å². The molecule has 0 spiro atoms. The number of rotatable bonds is 10. The monoisotopic (exact) mass is 565 g/mol. The van der Waals surface area contributed by atoms with Crippen molar-refractivity contribution in [2.75, 3.05) is 17.2 Å². The van der Waals surface area contributed by atoms with Crippen LogP contribution in [0.5, 0.6) is 0 Å². The van der Waals surface area contributed by atoms with Crippen LogP contribution in [0.4, 0.5) is 5.69 Å². The first kappa shape index (κ1) is 28.8. The van der Waals surface area contributed by atoms with Crippen molar-refractivity contribution in [3.63, 3.8) is 0 Å². The fourth-order valence-corrected chi connectivity index (χ4v) is 5.24. The number of carbonyl (C=O) groups is 1. The molecule has 0 aromatic heterocycles. The number of hydrogen-bond acceptors (Lipinski definition) is 4. The van der Waals surface area contributed by atoms with Gasteiger partial charge in [-0.3, -0.25) is 4.55 Å². The third-order valence-corrected chi connectivity index (χ3v) is 8.27. The molecule has 2 N–H and O–H groups in total. The molecule has 0 saturated carbocycles. The predicted octanol–water partition coefficient (Wildman–Crippen LogP) is 5.45. The van der Waals surface area contributed by atoms with Crippen LogP contribution < -0.4 is 4.90 Å². The number of carboxylic acid groups (broad SMARTS) is 1. The molecule has 0 fully saturated rings. The normalized spacial score (nSPS) is 16.6. The van der Waals surface area contributed by atoms with Crippen molar-refractivity contribution >= 4 is 26.3 Å². The van der Waals surface area contributed by atoms with E-state index in [0.717, 1.165) is 22.5 Å². The Morgan fingerprint density at radius 2 is 1.78 bits per heavy atom. The van der Waals surface area contributed by atoms with Gasteiger partial charge in [-0.15, -0.1) is 0 Å². The molecule has 1 aliphatic heterocycles. The molecule has 2 aromatic carbocycles. The minimum atomic E-state index is -4.02. The Kier molecular flexibility index (Phi) is 8.79. The molecule has 0 atom stereocenters. The Labute approximate surface area is 227 Å². The first-order valence-electron chi connectivity index (χ1n) is 12.0. The molecule has 2 aromatic rings. The molecule has 200 valence electrons. The van der Waals surface area contributed by atoms with Crippen molar-refractivity contribution in [2.24, 2.45) is 0 Å². The van der Waals surface area contributed by atoms with Crippen LogP contribution in [0, 0.1) is 0 Å². The quantitative estimate of drug-likeness (QED) is 0.226. The van der Waals surface area contributed by atoms with Crippen molar-refractivity contribution in [1.29, 1.82) is 0 Å². The van der Waals surface area contributed by atoms with E-state index in [9.17, 15) is 18.3 Å². The summed E-state index contributed by atoms with van der Waals surface area (Å²) in [6.07, 6.45) is 9.88. The first-order valence-corrected chi connectivity index (χ1v) is 14.1. The van der Waals surface area contributed by atoms with E-state index in [1.165, 1.54) is 0 Å². The second-order valence-electron chi connectivity index (χ2n) is 10.1.